The standard InChI is InChI=1S/C15H23O3P/c1-3-18-19(17,4-2)11-15(12-8-9-12)13-6-5-7-14(16)10-13/h5-7,10,12,15-16H,3-4,8-9,11H2,1-2H3. The molecule has 1 saturated carbocycles. The van der Waals surface area contributed by atoms with E-state index in [4.69, 9.17) is 4.52 Å². The van der Waals surface area contributed by atoms with E-state index in [1.54, 1.807) is 12.1 Å². The first-order chi connectivity index (χ1) is 9.08. The van der Waals surface area contributed by atoms with Gasteiger partial charge in [-0.25, -0.2) is 0 Å². The molecule has 0 heterocycles. The normalized spacial score (nSPS) is 19.9. The first-order valence-corrected chi connectivity index (χ1v) is 9.09. The van der Waals surface area contributed by atoms with Crippen LogP contribution in [0.3, 0.4) is 0 Å². The van der Waals surface area contributed by atoms with Crippen LogP contribution in [-0.2, 0) is 9.09 Å². The predicted octanol–water partition coefficient (Wildman–Crippen LogP) is 4.22. The summed E-state index contributed by atoms with van der Waals surface area (Å²) in [6, 6.07) is 7.36. The molecule has 0 aliphatic heterocycles. The predicted molar refractivity (Wildman–Crippen MR) is 78.2 cm³/mol. The molecule has 0 amide bonds. The van der Waals surface area contributed by atoms with E-state index in [1.165, 1.54) is 12.8 Å². The summed E-state index contributed by atoms with van der Waals surface area (Å²) in [4.78, 5) is 0. The Morgan fingerprint density at radius 2 is 2.16 bits per heavy atom. The van der Waals surface area contributed by atoms with Gasteiger partial charge in [0.05, 0.1) is 6.61 Å². The molecule has 0 radical (unpaired) electrons. The lowest BCUT2D eigenvalue weighted by atomic mass is 9.96. The quantitative estimate of drug-likeness (QED) is 0.762. The van der Waals surface area contributed by atoms with Crippen molar-refractivity contribution in [3.05, 3.63) is 29.8 Å². The highest BCUT2D eigenvalue weighted by Crippen LogP contribution is 2.55. The maximum Gasteiger partial charge on any atom is 0.203 e. The fourth-order valence-corrected chi connectivity index (χ4v) is 4.71. The van der Waals surface area contributed by atoms with Gasteiger partial charge in [-0.3, -0.25) is 4.57 Å². The first-order valence-electron chi connectivity index (χ1n) is 7.09. The number of rotatable bonds is 7. The minimum absolute atomic E-state index is 0.254. The molecule has 2 atom stereocenters. The number of hydrogen-bond acceptors (Lipinski definition) is 3. The average Bonchev–Trinajstić information content (AvgIpc) is 3.21. The molecule has 1 aliphatic rings. The highest BCUT2D eigenvalue weighted by molar-refractivity contribution is 7.59. The van der Waals surface area contributed by atoms with Crippen LogP contribution < -0.4 is 0 Å². The maximum atomic E-state index is 12.7. The number of hydrogen-bond donors (Lipinski definition) is 1. The highest BCUT2D eigenvalue weighted by atomic mass is 31.2. The van der Waals surface area contributed by atoms with Crippen molar-refractivity contribution in [2.45, 2.75) is 32.6 Å². The Balaban J connectivity index is 2.19. The number of benzene rings is 1. The zero-order chi connectivity index (χ0) is 13.9. The Hall–Kier alpha value is -0.790. The summed E-state index contributed by atoms with van der Waals surface area (Å²) >= 11 is 0. The van der Waals surface area contributed by atoms with Gasteiger partial charge in [-0.2, -0.15) is 0 Å². The smallest absolute Gasteiger partial charge is 0.203 e. The number of phenols is 1. The molecule has 0 aromatic heterocycles. The van der Waals surface area contributed by atoms with E-state index in [0.717, 1.165) is 5.56 Å². The van der Waals surface area contributed by atoms with Crippen LogP contribution in [0.25, 0.3) is 0 Å². The minimum Gasteiger partial charge on any atom is -0.508 e. The third-order valence-corrected chi connectivity index (χ3v) is 6.45. The van der Waals surface area contributed by atoms with Gasteiger partial charge in [-0.15, -0.1) is 0 Å². The second-order valence-electron chi connectivity index (χ2n) is 5.27. The van der Waals surface area contributed by atoms with Crippen molar-refractivity contribution >= 4 is 7.37 Å². The van der Waals surface area contributed by atoms with E-state index in [1.807, 2.05) is 26.0 Å². The average molecular weight is 282 g/mol. The fourth-order valence-electron chi connectivity index (χ4n) is 2.59. The molecule has 2 unspecified atom stereocenters. The Bertz CT molecular complexity index is 468. The van der Waals surface area contributed by atoms with Gasteiger partial charge in [-0.05, 0) is 49.3 Å². The van der Waals surface area contributed by atoms with Crippen LogP contribution >= 0.6 is 7.37 Å². The summed E-state index contributed by atoms with van der Waals surface area (Å²) < 4.78 is 18.2. The summed E-state index contributed by atoms with van der Waals surface area (Å²) in [6.45, 7) is 4.33. The first kappa shape index (κ1) is 14.6. The van der Waals surface area contributed by atoms with Gasteiger partial charge in [0.15, 0.2) is 0 Å². The van der Waals surface area contributed by atoms with Crippen LogP contribution in [0.5, 0.6) is 5.75 Å². The van der Waals surface area contributed by atoms with E-state index in [2.05, 4.69) is 0 Å². The van der Waals surface area contributed by atoms with E-state index in [9.17, 15) is 9.67 Å². The summed E-state index contributed by atoms with van der Waals surface area (Å²) in [6.07, 6.45) is 3.57. The van der Waals surface area contributed by atoms with E-state index >= 15 is 0 Å². The molecule has 106 valence electrons. The van der Waals surface area contributed by atoms with E-state index in [-0.39, 0.29) is 11.7 Å². The van der Waals surface area contributed by atoms with Crippen molar-refractivity contribution in [1.29, 1.82) is 0 Å². The molecule has 1 aromatic rings. The van der Waals surface area contributed by atoms with Gasteiger partial charge in [-0.1, -0.05) is 19.1 Å². The van der Waals surface area contributed by atoms with Crippen LogP contribution in [0.15, 0.2) is 24.3 Å². The Morgan fingerprint density at radius 1 is 1.42 bits per heavy atom. The Labute approximate surface area is 115 Å². The molecule has 0 spiro atoms. The SMILES string of the molecule is CCOP(=O)(CC)CC(c1cccc(O)c1)C1CC1. The van der Waals surface area contributed by atoms with Crippen LogP contribution in [0, 0.1) is 5.92 Å². The van der Waals surface area contributed by atoms with E-state index in [0.29, 0.717) is 24.8 Å². The van der Waals surface area contributed by atoms with Crippen molar-refractivity contribution in [2.75, 3.05) is 18.9 Å². The summed E-state index contributed by atoms with van der Waals surface area (Å²) in [7, 11) is -2.53. The Morgan fingerprint density at radius 3 is 2.68 bits per heavy atom. The molecule has 1 aliphatic carbocycles. The lowest BCUT2D eigenvalue weighted by molar-refractivity contribution is 0.330. The largest absolute Gasteiger partial charge is 0.508 e. The van der Waals surface area contributed by atoms with Crippen molar-refractivity contribution in [2.24, 2.45) is 5.92 Å². The third-order valence-electron chi connectivity index (χ3n) is 3.81. The third kappa shape index (κ3) is 3.84. The lowest BCUT2D eigenvalue weighted by Crippen LogP contribution is -2.10. The van der Waals surface area contributed by atoms with Crippen molar-refractivity contribution in [1.82, 2.24) is 0 Å². The summed E-state index contributed by atoms with van der Waals surface area (Å²) in [5.41, 5.74) is 1.09. The Kier molecular flexibility index (Phi) is 4.70. The second kappa shape index (κ2) is 6.11. The molecule has 0 bridgehead atoms. The van der Waals surface area contributed by atoms with Crippen LogP contribution in [0.1, 0.15) is 38.2 Å². The zero-order valence-corrected chi connectivity index (χ0v) is 12.6. The van der Waals surface area contributed by atoms with Gasteiger partial charge in [0.2, 0.25) is 7.37 Å². The number of aromatic hydroxyl groups is 1. The van der Waals surface area contributed by atoms with Gasteiger partial charge in [0, 0.05) is 12.3 Å². The van der Waals surface area contributed by atoms with Gasteiger partial charge >= 0.3 is 0 Å². The highest BCUT2D eigenvalue weighted by Gasteiger charge is 2.37. The molecule has 3 nitrogen and oxygen atoms in total. The minimum atomic E-state index is -2.53. The summed E-state index contributed by atoms with van der Waals surface area (Å²) in [5.74, 6) is 1.14. The van der Waals surface area contributed by atoms with Gasteiger partial charge in [0.1, 0.15) is 5.75 Å². The molecular formula is C15H23O3P. The second-order valence-corrected chi connectivity index (χ2v) is 8.15. The van der Waals surface area contributed by atoms with Gasteiger partial charge < -0.3 is 9.63 Å². The molecule has 1 fully saturated rings. The van der Waals surface area contributed by atoms with Crippen LogP contribution in [-0.4, -0.2) is 24.0 Å². The monoisotopic (exact) mass is 282 g/mol. The molecule has 2 rings (SSSR count). The van der Waals surface area contributed by atoms with Crippen LogP contribution in [0.2, 0.25) is 0 Å². The van der Waals surface area contributed by atoms with Crippen molar-refractivity contribution < 1.29 is 14.2 Å². The molecule has 0 saturated heterocycles. The molecular weight excluding hydrogens is 259 g/mol. The molecule has 19 heavy (non-hydrogen) atoms. The maximum absolute atomic E-state index is 12.7. The van der Waals surface area contributed by atoms with E-state index < -0.39 is 7.37 Å². The fraction of sp³-hybridized carbons (Fsp3) is 0.600. The van der Waals surface area contributed by atoms with Crippen LogP contribution in [0.4, 0.5) is 0 Å². The summed E-state index contributed by atoms with van der Waals surface area (Å²) in [5, 5.41) is 9.62. The lowest BCUT2D eigenvalue weighted by Gasteiger charge is -2.23. The molecule has 1 N–H and O–H groups in total. The van der Waals surface area contributed by atoms with Crippen molar-refractivity contribution in [3.63, 3.8) is 0 Å². The zero-order valence-electron chi connectivity index (χ0n) is 11.7. The molecule has 4 heteroatoms. The number of phenolic OH excluding ortho intramolecular Hbond substituents is 1. The molecule has 1 aromatic carbocycles. The van der Waals surface area contributed by atoms with Crippen molar-refractivity contribution in [3.8, 4) is 5.75 Å². The van der Waals surface area contributed by atoms with Gasteiger partial charge in [0.25, 0.3) is 0 Å². The topological polar surface area (TPSA) is 46.5 Å².